The molecule has 2 atom stereocenters. The Hall–Kier alpha value is 0.540. The van der Waals surface area contributed by atoms with Gasteiger partial charge in [0.2, 0.25) is 0 Å². The molecule has 2 aliphatic rings. The molecule has 0 amide bonds. The zero-order chi connectivity index (χ0) is 9.85. The smallest absolute Gasteiger partial charge is 0.124 e. The zero-order valence-corrected chi connectivity index (χ0v) is 9.91. The Kier molecular flexibility index (Phi) is 2.15. The molecule has 0 bridgehead atoms. The van der Waals surface area contributed by atoms with E-state index in [4.69, 9.17) is 23.2 Å². The lowest BCUT2D eigenvalue weighted by molar-refractivity contribution is 0.304. The number of hydrogen-bond acceptors (Lipinski definition) is 1. The molecule has 3 heteroatoms. The van der Waals surface area contributed by atoms with Crippen LogP contribution in [0, 0.1) is 11.8 Å². The monoisotopic (exact) mass is 221 g/mol. The topological polar surface area (TPSA) is 12.0 Å². The van der Waals surface area contributed by atoms with E-state index < -0.39 is 4.33 Å². The summed E-state index contributed by atoms with van der Waals surface area (Å²) in [6, 6.07) is 0.544. The van der Waals surface area contributed by atoms with E-state index in [1.807, 2.05) is 0 Å². The summed E-state index contributed by atoms with van der Waals surface area (Å²) in [5, 5.41) is 3.60. The number of rotatable bonds is 2. The van der Waals surface area contributed by atoms with Crippen molar-refractivity contribution in [3.63, 3.8) is 0 Å². The molecule has 0 saturated heterocycles. The minimum atomic E-state index is -0.391. The van der Waals surface area contributed by atoms with Gasteiger partial charge in [0.1, 0.15) is 4.33 Å². The molecular formula is C10H17Cl2N. The highest BCUT2D eigenvalue weighted by molar-refractivity contribution is 6.51. The van der Waals surface area contributed by atoms with Crippen molar-refractivity contribution in [2.24, 2.45) is 11.8 Å². The molecule has 0 aromatic carbocycles. The van der Waals surface area contributed by atoms with Crippen LogP contribution in [0.2, 0.25) is 0 Å². The molecule has 2 aliphatic carbocycles. The van der Waals surface area contributed by atoms with Crippen molar-refractivity contribution in [3.8, 4) is 0 Å². The first-order valence-electron chi connectivity index (χ1n) is 5.01. The Labute approximate surface area is 90.2 Å². The second-order valence-corrected chi connectivity index (χ2v) is 6.60. The van der Waals surface area contributed by atoms with Crippen molar-refractivity contribution < 1.29 is 0 Å². The van der Waals surface area contributed by atoms with Crippen molar-refractivity contribution in [2.75, 3.05) is 0 Å². The summed E-state index contributed by atoms with van der Waals surface area (Å²) < 4.78 is -0.391. The van der Waals surface area contributed by atoms with E-state index in [1.165, 1.54) is 0 Å². The molecule has 2 rings (SSSR count). The number of fused-ring (bicyclic) bond motifs is 1. The lowest BCUT2D eigenvalue weighted by atomic mass is 9.95. The van der Waals surface area contributed by atoms with Crippen LogP contribution in [0.3, 0.4) is 0 Å². The lowest BCUT2D eigenvalue weighted by Gasteiger charge is -2.31. The third-order valence-corrected chi connectivity index (χ3v) is 4.46. The van der Waals surface area contributed by atoms with Crippen LogP contribution in [-0.4, -0.2) is 15.9 Å². The molecule has 2 saturated carbocycles. The molecule has 1 nitrogen and oxygen atoms in total. The van der Waals surface area contributed by atoms with Gasteiger partial charge < -0.3 is 5.32 Å². The Balaban J connectivity index is 1.95. The lowest BCUT2D eigenvalue weighted by Crippen LogP contribution is -2.45. The predicted octanol–water partition coefficient (Wildman–Crippen LogP) is 2.96. The maximum Gasteiger partial charge on any atom is 0.124 e. The zero-order valence-electron chi connectivity index (χ0n) is 8.40. The Morgan fingerprint density at radius 1 is 1.23 bits per heavy atom. The fourth-order valence-corrected chi connectivity index (χ4v) is 3.68. The number of hydrogen-bond donors (Lipinski definition) is 1. The molecule has 0 aromatic rings. The van der Waals surface area contributed by atoms with Gasteiger partial charge in [0.15, 0.2) is 0 Å². The SMILES string of the molecule is CC(C)NC1(C)CC2C(C1)C2(Cl)Cl. The predicted molar refractivity (Wildman–Crippen MR) is 57.3 cm³/mol. The summed E-state index contributed by atoms with van der Waals surface area (Å²) in [5.41, 5.74) is 0.275. The Morgan fingerprint density at radius 3 is 2.08 bits per heavy atom. The average molecular weight is 222 g/mol. The quantitative estimate of drug-likeness (QED) is 0.708. The van der Waals surface area contributed by atoms with Crippen molar-refractivity contribution >= 4 is 23.2 Å². The average Bonchev–Trinajstić information content (AvgIpc) is 2.39. The molecule has 2 fully saturated rings. The van der Waals surface area contributed by atoms with E-state index in [-0.39, 0.29) is 5.54 Å². The van der Waals surface area contributed by atoms with Gasteiger partial charge in [-0.25, -0.2) is 0 Å². The van der Waals surface area contributed by atoms with Crippen LogP contribution in [0.4, 0.5) is 0 Å². The maximum atomic E-state index is 6.11. The van der Waals surface area contributed by atoms with Crippen molar-refractivity contribution in [2.45, 2.75) is 49.5 Å². The highest BCUT2D eigenvalue weighted by atomic mass is 35.5. The molecule has 1 N–H and O–H groups in total. The largest absolute Gasteiger partial charge is 0.309 e. The van der Waals surface area contributed by atoms with Gasteiger partial charge in [-0.3, -0.25) is 0 Å². The fourth-order valence-electron chi connectivity index (χ4n) is 2.89. The summed E-state index contributed by atoms with van der Waals surface area (Å²) in [6.07, 6.45) is 2.26. The second kappa shape index (κ2) is 2.77. The summed E-state index contributed by atoms with van der Waals surface area (Å²) in [5.74, 6) is 1.07. The number of nitrogens with one attached hydrogen (secondary N) is 1. The van der Waals surface area contributed by atoms with Gasteiger partial charge >= 0.3 is 0 Å². The molecule has 0 radical (unpaired) electrons. The fraction of sp³-hybridized carbons (Fsp3) is 1.00. The summed E-state index contributed by atoms with van der Waals surface area (Å²) in [7, 11) is 0. The van der Waals surface area contributed by atoms with Gasteiger partial charge in [0.05, 0.1) is 0 Å². The van der Waals surface area contributed by atoms with Crippen molar-refractivity contribution in [1.82, 2.24) is 5.32 Å². The van der Waals surface area contributed by atoms with Gasteiger partial charge in [0.25, 0.3) is 0 Å². The molecule has 0 aliphatic heterocycles. The molecule has 0 aromatic heterocycles. The van der Waals surface area contributed by atoms with Crippen LogP contribution in [0.1, 0.15) is 33.6 Å². The first-order chi connectivity index (χ1) is 5.85. The Morgan fingerprint density at radius 2 is 1.69 bits per heavy atom. The minimum Gasteiger partial charge on any atom is -0.309 e. The highest BCUT2D eigenvalue weighted by Gasteiger charge is 2.69. The first-order valence-corrected chi connectivity index (χ1v) is 5.76. The van der Waals surface area contributed by atoms with Crippen LogP contribution in [0.15, 0.2) is 0 Å². The summed E-state index contributed by atoms with van der Waals surface area (Å²) in [4.78, 5) is 0. The van der Waals surface area contributed by atoms with Crippen LogP contribution in [0.25, 0.3) is 0 Å². The highest BCUT2D eigenvalue weighted by Crippen LogP contribution is 2.69. The van der Waals surface area contributed by atoms with E-state index in [1.54, 1.807) is 0 Å². The van der Waals surface area contributed by atoms with Crippen LogP contribution < -0.4 is 5.32 Å². The van der Waals surface area contributed by atoms with Gasteiger partial charge in [-0.05, 0) is 31.6 Å². The number of halogens is 2. The van der Waals surface area contributed by atoms with Crippen LogP contribution in [-0.2, 0) is 0 Å². The Bertz CT molecular complexity index is 211. The van der Waals surface area contributed by atoms with Crippen molar-refractivity contribution in [3.05, 3.63) is 0 Å². The molecule has 2 unspecified atom stereocenters. The van der Waals surface area contributed by atoms with Crippen LogP contribution >= 0.6 is 23.2 Å². The van der Waals surface area contributed by atoms with Gasteiger partial charge in [0, 0.05) is 11.6 Å². The third kappa shape index (κ3) is 1.60. The van der Waals surface area contributed by atoms with E-state index in [0.717, 1.165) is 12.8 Å². The molecule has 13 heavy (non-hydrogen) atoms. The standard InChI is InChI=1S/C10H17Cl2N/c1-6(2)13-9(3)4-7-8(5-9)10(7,11)12/h6-8,13H,4-5H2,1-3H3. The van der Waals surface area contributed by atoms with Gasteiger partial charge in [-0.1, -0.05) is 13.8 Å². The van der Waals surface area contributed by atoms with E-state index in [2.05, 4.69) is 26.1 Å². The van der Waals surface area contributed by atoms with E-state index in [9.17, 15) is 0 Å². The summed E-state index contributed by atoms with van der Waals surface area (Å²) in [6.45, 7) is 6.65. The maximum absolute atomic E-state index is 6.11. The molecule has 0 heterocycles. The molecular weight excluding hydrogens is 205 g/mol. The van der Waals surface area contributed by atoms with Crippen LogP contribution in [0.5, 0.6) is 0 Å². The molecule has 76 valence electrons. The summed E-state index contributed by atoms with van der Waals surface area (Å²) >= 11 is 12.2. The van der Waals surface area contributed by atoms with E-state index in [0.29, 0.717) is 17.9 Å². The van der Waals surface area contributed by atoms with Crippen molar-refractivity contribution in [1.29, 1.82) is 0 Å². The van der Waals surface area contributed by atoms with E-state index >= 15 is 0 Å². The number of alkyl halides is 2. The van der Waals surface area contributed by atoms with Gasteiger partial charge in [-0.2, -0.15) is 0 Å². The van der Waals surface area contributed by atoms with Gasteiger partial charge in [-0.15, -0.1) is 23.2 Å². The normalized spacial score (nSPS) is 46.6. The minimum absolute atomic E-state index is 0.275. The third-order valence-electron chi connectivity index (χ3n) is 3.34. The molecule has 0 spiro atoms. The second-order valence-electron chi connectivity index (χ2n) is 5.16. The first kappa shape index (κ1) is 10.1.